The van der Waals surface area contributed by atoms with Gasteiger partial charge in [-0.2, -0.15) is 0 Å². The Morgan fingerprint density at radius 2 is 2.00 bits per heavy atom. The molecule has 0 fully saturated rings. The quantitative estimate of drug-likeness (QED) is 0.797. The summed E-state index contributed by atoms with van der Waals surface area (Å²) in [6.07, 6.45) is 2.29. The number of rotatable bonds is 6. The molecule has 2 aromatic rings. The number of nitrogens with zero attached hydrogens (tertiary/aromatic N) is 2. The average molecular weight is 262 g/mol. The number of aryl methyl sites for hydroxylation is 2. The highest BCUT2D eigenvalue weighted by Crippen LogP contribution is 2.20. The lowest BCUT2D eigenvalue weighted by Crippen LogP contribution is -1.99. The van der Waals surface area contributed by atoms with Crippen LogP contribution in [-0.2, 0) is 12.2 Å². The average Bonchev–Trinajstić information content (AvgIpc) is 2.81. The van der Waals surface area contributed by atoms with E-state index in [1.807, 2.05) is 18.7 Å². The van der Waals surface area contributed by atoms with E-state index in [0.717, 1.165) is 18.1 Å². The fraction of sp³-hybridized carbons (Fsp3) is 0.429. The van der Waals surface area contributed by atoms with Gasteiger partial charge in [0.25, 0.3) is 0 Å². The van der Waals surface area contributed by atoms with E-state index in [0.29, 0.717) is 11.1 Å². The van der Waals surface area contributed by atoms with E-state index in [-0.39, 0.29) is 0 Å². The molecule has 1 unspecified atom stereocenters. The zero-order chi connectivity index (χ0) is 12.8. The Balaban J connectivity index is 1.71. The van der Waals surface area contributed by atoms with Crippen molar-refractivity contribution in [1.82, 2.24) is 10.2 Å². The van der Waals surface area contributed by atoms with E-state index >= 15 is 0 Å². The van der Waals surface area contributed by atoms with E-state index in [4.69, 9.17) is 4.42 Å². The second-order valence-corrected chi connectivity index (χ2v) is 5.79. The molecule has 18 heavy (non-hydrogen) atoms. The first kappa shape index (κ1) is 13.1. The molecule has 0 N–H and O–H groups in total. The van der Waals surface area contributed by atoms with E-state index in [1.165, 1.54) is 12.0 Å². The van der Waals surface area contributed by atoms with Crippen molar-refractivity contribution in [3.63, 3.8) is 0 Å². The first-order valence-electron chi connectivity index (χ1n) is 6.18. The van der Waals surface area contributed by atoms with Crippen LogP contribution in [0, 0.1) is 6.92 Å². The monoisotopic (exact) mass is 262 g/mol. The normalized spacial score (nSPS) is 12.6. The van der Waals surface area contributed by atoms with Crippen molar-refractivity contribution in [2.45, 2.75) is 37.7 Å². The molecule has 0 aliphatic rings. The zero-order valence-corrected chi connectivity index (χ0v) is 11.6. The molecule has 0 aliphatic heterocycles. The molecule has 96 valence electrons. The molecule has 1 aromatic heterocycles. The minimum absolute atomic E-state index is 0.595. The van der Waals surface area contributed by atoms with Crippen molar-refractivity contribution in [1.29, 1.82) is 0 Å². The van der Waals surface area contributed by atoms with Gasteiger partial charge in [-0.1, -0.05) is 37.3 Å². The SMILES string of the molecule is Cc1nnc(CSC(C)CCc2ccccc2)o1. The molecule has 0 saturated carbocycles. The molecule has 2 rings (SSSR count). The third-order valence-corrected chi connectivity index (χ3v) is 3.96. The highest BCUT2D eigenvalue weighted by molar-refractivity contribution is 7.99. The molecule has 0 amide bonds. The third-order valence-electron chi connectivity index (χ3n) is 2.74. The topological polar surface area (TPSA) is 38.9 Å². The van der Waals surface area contributed by atoms with E-state index in [2.05, 4.69) is 47.5 Å². The molecule has 0 aliphatic carbocycles. The van der Waals surface area contributed by atoms with Gasteiger partial charge in [0.2, 0.25) is 11.8 Å². The first-order valence-corrected chi connectivity index (χ1v) is 7.23. The summed E-state index contributed by atoms with van der Waals surface area (Å²) in [7, 11) is 0. The predicted molar refractivity (Wildman–Crippen MR) is 74.6 cm³/mol. The Kier molecular flexibility index (Phi) is 4.81. The molecular formula is C14H18N2OS. The number of benzene rings is 1. The van der Waals surface area contributed by atoms with Gasteiger partial charge in [-0.25, -0.2) is 0 Å². The summed E-state index contributed by atoms with van der Waals surface area (Å²) in [5.41, 5.74) is 1.40. The van der Waals surface area contributed by atoms with Crippen LogP contribution < -0.4 is 0 Å². The maximum Gasteiger partial charge on any atom is 0.226 e. The van der Waals surface area contributed by atoms with Crippen LogP contribution in [0.15, 0.2) is 34.7 Å². The molecule has 3 nitrogen and oxygen atoms in total. The minimum atomic E-state index is 0.595. The summed E-state index contributed by atoms with van der Waals surface area (Å²) in [4.78, 5) is 0. The summed E-state index contributed by atoms with van der Waals surface area (Å²) in [6, 6.07) is 10.6. The lowest BCUT2D eigenvalue weighted by Gasteiger charge is -2.09. The Bertz CT molecular complexity index is 470. The molecule has 1 heterocycles. The van der Waals surface area contributed by atoms with Crippen molar-refractivity contribution < 1.29 is 4.42 Å². The summed E-state index contributed by atoms with van der Waals surface area (Å²) >= 11 is 1.87. The molecule has 0 saturated heterocycles. The molecule has 0 bridgehead atoms. The molecule has 0 radical (unpaired) electrons. The van der Waals surface area contributed by atoms with Gasteiger partial charge in [0.1, 0.15) is 0 Å². The number of aromatic nitrogens is 2. The van der Waals surface area contributed by atoms with Crippen molar-refractivity contribution in [3.05, 3.63) is 47.7 Å². The molecule has 1 aromatic carbocycles. The zero-order valence-electron chi connectivity index (χ0n) is 10.8. The second-order valence-electron chi connectivity index (χ2n) is 4.36. The van der Waals surface area contributed by atoms with Crippen LogP contribution in [-0.4, -0.2) is 15.4 Å². The van der Waals surface area contributed by atoms with E-state index in [9.17, 15) is 0 Å². The first-order chi connectivity index (χ1) is 8.74. The lowest BCUT2D eigenvalue weighted by atomic mass is 10.1. The van der Waals surface area contributed by atoms with E-state index in [1.54, 1.807) is 0 Å². The molecule has 0 spiro atoms. The summed E-state index contributed by atoms with van der Waals surface area (Å²) in [6.45, 7) is 4.07. The van der Waals surface area contributed by atoms with Gasteiger partial charge in [0, 0.05) is 12.2 Å². The largest absolute Gasteiger partial charge is 0.425 e. The van der Waals surface area contributed by atoms with Gasteiger partial charge in [-0.15, -0.1) is 22.0 Å². The second kappa shape index (κ2) is 6.59. The van der Waals surface area contributed by atoms with Crippen LogP contribution in [0.3, 0.4) is 0 Å². The van der Waals surface area contributed by atoms with Crippen LogP contribution in [0.1, 0.15) is 30.7 Å². The van der Waals surface area contributed by atoms with Crippen molar-refractivity contribution in [2.24, 2.45) is 0 Å². The molecular weight excluding hydrogens is 244 g/mol. The van der Waals surface area contributed by atoms with Crippen LogP contribution in [0.4, 0.5) is 0 Å². The van der Waals surface area contributed by atoms with Gasteiger partial charge in [-0.05, 0) is 18.4 Å². The highest BCUT2D eigenvalue weighted by Gasteiger charge is 2.07. The third kappa shape index (κ3) is 4.18. The Morgan fingerprint density at radius 3 is 2.67 bits per heavy atom. The van der Waals surface area contributed by atoms with Crippen LogP contribution in [0.25, 0.3) is 0 Å². The molecule has 1 atom stereocenters. The maximum atomic E-state index is 5.35. The van der Waals surface area contributed by atoms with Crippen LogP contribution in [0.5, 0.6) is 0 Å². The maximum absolute atomic E-state index is 5.35. The standard InChI is InChI=1S/C14H18N2OS/c1-11(8-9-13-6-4-3-5-7-13)18-10-14-16-15-12(2)17-14/h3-7,11H,8-10H2,1-2H3. The minimum Gasteiger partial charge on any atom is -0.425 e. The van der Waals surface area contributed by atoms with E-state index < -0.39 is 0 Å². The number of hydrogen-bond acceptors (Lipinski definition) is 4. The summed E-state index contributed by atoms with van der Waals surface area (Å²) in [5, 5.41) is 8.42. The Hall–Kier alpha value is -1.29. The lowest BCUT2D eigenvalue weighted by molar-refractivity contribution is 0.485. The van der Waals surface area contributed by atoms with Gasteiger partial charge in [0.05, 0.1) is 5.75 Å². The van der Waals surface area contributed by atoms with Crippen molar-refractivity contribution in [3.8, 4) is 0 Å². The van der Waals surface area contributed by atoms with Gasteiger partial charge in [0.15, 0.2) is 0 Å². The smallest absolute Gasteiger partial charge is 0.226 e. The van der Waals surface area contributed by atoms with Crippen LogP contribution >= 0.6 is 11.8 Å². The van der Waals surface area contributed by atoms with Crippen molar-refractivity contribution in [2.75, 3.05) is 0 Å². The van der Waals surface area contributed by atoms with Gasteiger partial charge < -0.3 is 4.42 Å². The highest BCUT2D eigenvalue weighted by atomic mass is 32.2. The summed E-state index contributed by atoms with van der Waals surface area (Å²) < 4.78 is 5.35. The predicted octanol–water partition coefficient (Wildman–Crippen LogP) is 3.63. The van der Waals surface area contributed by atoms with Gasteiger partial charge in [-0.3, -0.25) is 0 Å². The fourth-order valence-electron chi connectivity index (χ4n) is 1.71. The van der Waals surface area contributed by atoms with Crippen LogP contribution in [0.2, 0.25) is 0 Å². The molecule has 4 heteroatoms. The Morgan fingerprint density at radius 1 is 1.22 bits per heavy atom. The number of hydrogen-bond donors (Lipinski definition) is 0. The van der Waals surface area contributed by atoms with Crippen molar-refractivity contribution >= 4 is 11.8 Å². The Labute approximate surface area is 112 Å². The van der Waals surface area contributed by atoms with Gasteiger partial charge >= 0.3 is 0 Å². The summed E-state index contributed by atoms with van der Waals surface area (Å²) in [5.74, 6) is 2.17. The fourth-order valence-corrected chi connectivity index (χ4v) is 2.54. The number of thioether (sulfide) groups is 1.